The smallest absolute Gasteiger partial charge is 0.171 e. The fourth-order valence-electron chi connectivity index (χ4n) is 1.61. The topological polar surface area (TPSA) is 35.2 Å². The molecule has 3 rings (SSSR count). The minimum atomic E-state index is -1.15. The maximum Gasteiger partial charge on any atom is 0.171 e. The molecule has 1 aliphatic carbocycles. The fourth-order valence-corrected chi connectivity index (χ4v) is 1.61. The van der Waals surface area contributed by atoms with Crippen LogP contribution in [0.1, 0.15) is 18.4 Å². The molecule has 0 radical (unpaired) electrons. The summed E-state index contributed by atoms with van der Waals surface area (Å²) >= 11 is 0. The van der Waals surface area contributed by atoms with E-state index in [0.29, 0.717) is 0 Å². The first-order chi connectivity index (χ1) is 9.99. The predicted molar refractivity (Wildman–Crippen MR) is 75.6 cm³/mol. The molecule has 1 aliphatic rings. The number of hydrogen-bond acceptors (Lipinski definition) is 2. The van der Waals surface area contributed by atoms with Gasteiger partial charge in [0.2, 0.25) is 0 Å². The number of hydrogen-bond donors (Lipinski definition) is 1. The van der Waals surface area contributed by atoms with Gasteiger partial charge in [0.1, 0.15) is 0 Å². The molecule has 5 heteroatoms. The first kappa shape index (κ1) is 15.2. The highest BCUT2D eigenvalue weighted by atomic mass is 19.2. The number of benzene rings is 2. The first-order valence-electron chi connectivity index (χ1n) is 6.60. The number of para-hydroxylation sites is 1. The lowest BCUT2D eigenvalue weighted by Crippen LogP contribution is -2.03. The van der Waals surface area contributed by atoms with Crippen LogP contribution in [-0.2, 0) is 0 Å². The molecule has 0 amide bonds. The molecule has 0 aliphatic heterocycles. The second-order valence-electron chi connectivity index (χ2n) is 4.84. The van der Waals surface area contributed by atoms with Crippen molar-refractivity contribution < 1.29 is 17.9 Å². The molecule has 2 aromatic carbocycles. The third-order valence-corrected chi connectivity index (χ3v) is 2.96. The van der Waals surface area contributed by atoms with Crippen LogP contribution in [0, 0.1) is 24.4 Å². The van der Waals surface area contributed by atoms with Crippen LogP contribution in [0.4, 0.5) is 18.9 Å². The molecule has 2 N–H and O–H groups in total. The van der Waals surface area contributed by atoms with Gasteiger partial charge in [-0.15, -0.1) is 0 Å². The van der Waals surface area contributed by atoms with E-state index in [9.17, 15) is 13.2 Å². The van der Waals surface area contributed by atoms with E-state index in [0.717, 1.165) is 24.6 Å². The molecule has 1 fully saturated rings. The summed E-state index contributed by atoms with van der Waals surface area (Å²) in [6, 6.07) is 10.2. The zero-order chi connectivity index (χ0) is 15.4. The van der Waals surface area contributed by atoms with Crippen LogP contribution in [0.5, 0.6) is 5.75 Å². The van der Waals surface area contributed by atoms with Gasteiger partial charge in [-0.2, -0.15) is 0 Å². The van der Waals surface area contributed by atoms with Crippen molar-refractivity contribution in [2.24, 2.45) is 0 Å². The molecule has 1 saturated carbocycles. The van der Waals surface area contributed by atoms with Gasteiger partial charge in [0.15, 0.2) is 23.2 Å². The van der Waals surface area contributed by atoms with Crippen molar-refractivity contribution in [2.45, 2.75) is 25.9 Å². The van der Waals surface area contributed by atoms with Gasteiger partial charge in [-0.3, -0.25) is 0 Å². The van der Waals surface area contributed by atoms with E-state index in [1.54, 1.807) is 0 Å². The fraction of sp³-hybridized carbons (Fsp3) is 0.250. The van der Waals surface area contributed by atoms with Crippen molar-refractivity contribution in [3.63, 3.8) is 0 Å². The SMILES string of the molecule is Cc1c(F)c(F)cc(OC2CC2)c1F.Nc1ccccc1. The number of rotatable bonds is 2. The van der Waals surface area contributed by atoms with E-state index in [1.165, 1.54) is 6.92 Å². The highest BCUT2D eigenvalue weighted by Crippen LogP contribution is 2.31. The summed E-state index contributed by atoms with van der Waals surface area (Å²) in [5.74, 6) is -3.22. The van der Waals surface area contributed by atoms with Crippen molar-refractivity contribution in [3.8, 4) is 5.75 Å². The van der Waals surface area contributed by atoms with Crippen molar-refractivity contribution in [3.05, 3.63) is 59.4 Å². The van der Waals surface area contributed by atoms with E-state index >= 15 is 0 Å². The molecule has 0 saturated heterocycles. The van der Waals surface area contributed by atoms with Crippen LogP contribution in [0.3, 0.4) is 0 Å². The van der Waals surface area contributed by atoms with Crippen molar-refractivity contribution in [1.82, 2.24) is 0 Å². The average Bonchev–Trinajstić information content (AvgIpc) is 3.28. The Bertz CT molecular complexity index is 613. The van der Waals surface area contributed by atoms with Crippen LogP contribution in [0.2, 0.25) is 0 Å². The summed E-state index contributed by atoms with van der Waals surface area (Å²) in [6.45, 7) is 1.19. The van der Waals surface area contributed by atoms with Gasteiger partial charge in [-0.05, 0) is 31.9 Å². The lowest BCUT2D eigenvalue weighted by atomic mass is 10.2. The number of ether oxygens (including phenoxy) is 1. The maximum atomic E-state index is 13.3. The molecule has 0 bridgehead atoms. The molecular formula is C16H16F3NO. The van der Waals surface area contributed by atoms with E-state index in [-0.39, 0.29) is 17.4 Å². The Morgan fingerprint density at radius 2 is 1.67 bits per heavy atom. The summed E-state index contributed by atoms with van der Waals surface area (Å²) < 4.78 is 44.1. The third-order valence-electron chi connectivity index (χ3n) is 2.96. The molecule has 0 unspecified atom stereocenters. The van der Waals surface area contributed by atoms with Crippen LogP contribution in [-0.4, -0.2) is 6.10 Å². The molecule has 2 nitrogen and oxygen atoms in total. The summed E-state index contributed by atoms with van der Waals surface area (Å²) in [4.78, 5) is 0. The lowest BCUT2D eigenvalue weighted by molar-refractivity contribution is 0.282. The van der Waals surface area contributed by atoms with Gasteiger partial charge >= 0.3 is 0 Å². The van der Waals surface area contributed by atoms with Crippen molar-refractivity contribution >= 4 is 5.69 Å². The van der Waals surface area contributed by atoms with Crippen LogP contribution in [0.15, 0.2) is 36.4 Å². The number of anilines is 1. The summed E-state index contributed by atoms with van der Waals surface area (Å²) in [5, 5.41) is 0. The van der Waals surface area contributed by atoms with E-state index in [2.05, 4.69) is 0 Å². The largest absolute Gasteiger partial charge is 0.487 e. The molecule has 0 heterocycles. The number of nitrogen functional groups attached to an aromatic ring is 1. The van der Waals surface area contributed by atoms with Gasteiger partial charge in [0.05, 0.1) is 6.10 Å². The molecular weight excluding hydrogens is 279 g/mol. The molecule has 112 valence electrons. The minimum absolute atomic E-state index is 0.0336. The van der Waals surface area contributed by atoms with Crippen molar-refractivity contribution in [2.75, 3.05) is 5.73 Å². The normalized spacial score (nSPS) is 13.3. The first-order valence-corrected chi connectivity index (χ1v) is 6.60. The Kier molecular flexibility index (Phi) is 4.73. The average molecular weight is 295 g/mol. The van der Waals surface area contributed by atoms with Crippen LogP contribution in [0.25, 0.3) is 0 Å². The highest BCUT2D eigenvalue weighted by molar-refractivity contribution is 5.36. The van der Waals surface area contributed by atoms with Gasteiger partial charge in [0, 0.05) is 17.3 Å². The highest BCUT2D eigenvalue weighted by Gasteiger charge is 2.26. The lowest BCUT2D eigenvalue weighted by Gasteiger charge is -2.08. The Morgan fingerprint density at radius 1 is 1.05 bits per heavy atom. The summed E-state index contributed by atoms with van der Waals surface area (Å²) in [6.07, 6.45) is 1.66. The minimum Gasteiger partial charge on any atom is -0.487 e. The monoisotopic (exact) mass is 295 g/mol. The summed E-state index contributed by atoms with van der Waals surface area (Å²) in [5.41, 5.74) is 5.85. The second-order valence-corrected chi connectivity index (χ2v) is 4.84. The van der Waals surface area contributed by atoms with Crippen LogP contribution < -0.4 is 10.5 Å². The molecule has 0 atom stereocenters. The van der Waals surface area contributed by atoms with Gasteiger partial charge in [-0.25, -0.2) is 13.2 Å². The second kappa shape index (κ2) is 6.52. The zero-order valence-electron chi connectivity index (χ0n) is 11.6. The Morgan fingerprint density at radius 3 is 2.14 bits per heavy atom. The molecule has 0 aromatic heterocycles. The Labute approximate surface area is 121 Å². The molecule has 2 aromatic rings. The summed E-state index contributed by atoms with van der Waals surface area (Å²) in [7, 11) is 0. The van der Waals surface area contributed by atoms with E-state index in [4.69, 9.17) is 10.5 Å². The number of halogens is 3. The Balaban J connectivity index is 0.000000194. The quantitative estimate of drug-likeness (QED) is 0.665. The molecule has 0 spiro atoms. The maximum absolute atomic E-state index is 13.3. The van der Waals surface area contributed by atoms with Crippen LogP contribution >= 0.6 is 0 Å². The van der Waals surface area contributed by atoms with Gasteiger partial charge in [0.25, 0.3) is 0 Å². The van der Waals surface area contributed by atoms with E-state index < -0.39 is 17.5 Å². The molecule has 21 heavy (non-hydrogen) atoms. The number of nitrogens with two attached hydrogens (primary N) is 1. The predicted octanol–water partition coefficient (Wildman–Crippen LogP) is 4.22. The van der Waals surface area contributed by atoms with Gasteiger partial charge in [-0.1, -0.05) is 18.2 Å². The Hall–Kier alpha value is -2.17. The van der Waals surface area contributed by atoms with Gasteiger partial charge < -0.3 is 10.5 Å². The third kappa shape index (κ3) is 4.15. The van der Waals surface area contributed by atoms with Crippen molar-refractivity contribution in [1.29, 1.82) is 0 Å². The zero-order valence-corrected chi connectivity index (χ0v) is 11.6. The standard InChI is InChI=1S/C10H9F3O.C6H7N/c1-5-9(12)7(11)4-8(10(5)13)14-6-2-3-6;7-6-4-2-1-3-5-6/h4,6H,2-3H2,1H3;1-5H,7H2. The van der Waals surface area contributed by atoms with E-state index in [1.807, 2.05) is 30.3 Å².